The molecule has 0 radical (unpaired) electrons. The molecule has 0 unspecified atom stereocenters. The lowest BCUT2D eigenvalue weighted by atomic mass is 10.0. The highest BCUT2D eigenvalue weighted by Gasteiger charge is 2.18. The van der Waals surface area contributed by atoms with Crippen LogP contribution in [0.3, 0.4) is 0 Å². The lowest BCUT2D eigenvalue weighted by Crippen LogP contribution is -2.31. The van der Waals surface area contributed by atoms with E-state index in [9.17, 15) is 9.18 Å². The number of nitrogens with one attached hydrogen (secondary N) is 1. The molecule has 1 aromatic heterocycles. The summed E-state index contributed by atoms with van der Waals surface area (Å²) in [5.41, 5.74) is 1.71. The van der Waals surface area contributed by atoms with E-state index in [4.69, 9.17) is 9.47 Å². The highest BCUT2D eigenvalue weighted by molar-refractivity contribution is 5.95. The Bertz CT molecular complexity index is 1120. The maximum absolute atomic E-state index is 14.0. The van der Waals surface area contributed by atoms with Crippen LogP contribution in [0.2, 0.25) is 0 Å². The molecule has 0 aliphatic carbocycles. The number of methoxy groups -OCH3 is 1. The van der Waals surface area contributed by atoms with Crippen molar-refractivity contribution in [1.29, 1.82) is 0 Å². The fourth-order valence-corrected chi connectivity index (χ4v) is 4.36. The standard InChI is InChI=1S/C25H29FN2O3/c1-17-14-19(26)16-21-22(17)24(31-13-7-12-28-10-4-3-5-11-28)23(27-25(21)29)18-8-6-9-20(15-18)30-2/h6,8-9,14-16H,3-5,7,10-13H2,1-2H3,(H,27,29). The predicted octanol–water partition coefficient (Wildman–Crippen LogP) is 4.91. The van der Waals surface area contributed by atoms with Gasteiger partial charge in [0.25, 0.3) is 5.56 Å². The van der Waals surface area contributed by atoms with Gasteiger partial charge in [-0.05, 0) is 69.1 Å². The first-order valence-corrected chi connectivity index (χ1v) is 10.9. The molecular formula is C25H29FN2O3. The highest BCUT2D eigenvalue weighted by Crippen LogP contribution is 2.37. The zero-order chi connectivity index (χ0) is 21.8. The smallest absolute Gasteiger partial charge is 0.256 e. The molecule has 164 valence electrons. The molecule has 2 aromatic carbocycles. The minimum atomic E-state index is -0.430. The van der Waals surface area contributed by atoms with Crippen LogP contribution in [-0.2, 0) is 0 Å². The Morgan fingerprint density at radius 2 is 1.94 bits per heavy atom. The van der Waals surface area contributed by atoms with Crippen LogP contribution >= 0.6 is 0 Å². The third-order valence-electron chi connectivity index (χ3n) is 5.91. The largest absolute Gasteiger partial charge is 0.497 e. The molecular weight excluding hydrogens is 395 g/mol. The normalized spacial score (nSPS) is 14.7. The Morgan fingerprint density at radius 1 is 1.13 bits per heavy atom. The minimum absolute atomic E-state index is 0.301. The molecule has 0 saturated carbocycles. The van der Waals surface area contributed by atoms with Crippen LogP contribution in [0, 0.1) is 12.7 Å². The molecule has 0 bridgehead atoms. The number of fused-ring (bicyclic) bond motifs is 1. The maximum Gasteiger partial charge on any atom is 0.256 e. The number of nitrogens with zero attached hydrogens (tertiary/aromatic N) is 1. The number of aromatic amines is 1. The summed E-state index contributed by atoms with van der Waals surface area (Å²) < 4.78 is 25.7. The van der Waals surface area contributed by atoms with E-state index < -0.39 is 5.82 Å². The van der Waals surface area contributed by atoms with Crippen LogP contribution < -0.4 is 15.0 Å². The quantitative estimate of drug-likeness (QED) is 0.548. The van der Waals surface area contributed by atoms with Crippen molar-refractivity contribution >= 4 is 10.8 Å². The first-order valence-electron chi connectivity index (χ1n) is 10.9. The number of aryl methyl sites for hydroxylation is 1. The van der Waals surface area contributed by atoms with Crippen LogP contribution in [-0.4, -0.2) is 43.2 Å². The summed E-state index contributed by atoms with van der Waals surface area (Å²) in [6.45, 7) is 5.61. The van der Waals surface area contributed by atoms with E-state index in [0.29, 0.717) is 40.1 Å². The number of halogens is 1. The third-order valence-corrected chi connectivity index (χ3v) is 5.91. The monoisotopic (exact) mass is 424 g/mol. The number of pyridine rings is 1. The SMILES string of the molecule is COc1cccc(-c2[nH]c(=O)c3cc(F)cc(C)c3c2OCCCN2CCCCC2)c1. The molecule has 0 atom stereocenters. The van der Waals surface area contributed by atoms with Gasteiger partial charge in [-0.3, -0.25) is 4.79 Å². The molecule has 4 rings (SSSR count). The van der Waals surface area contributed by atoms with Gasteiger partial charge in [0, 0.05) is 17.5 Å². The number of aromatic nitrogens is 1. The first-order chi connectivity index (χ1) is 15.1. The number of H-pyrrole nitrogens is 1. The molecule has 1 fully saturated rings. The number of piperidine rings is 1. The van der Waals surface area contributed by atoms with Gasteiger partial charge in [-0.2, -0.15) is 0 Å². The lowest BCUT2D eigenvalue weighted by molar-refractivity contribution is 0.205. The number of likely N-dealkylation sites (tertiary alicyclic amines) is 1. The second-order valence-corrected chi connectivity index (χ2v) is 8.14. The van der Waals surface area contributed by atoms with E-state index in [1.54, 1.807) is 14.0 Å². The Hall–Kier alpha value is -2.86. The summed E-state index contributed by atoms with van der Waals surface area (Å²) in [6.07, 6.45) is 4.72. The van der Waals surface area contributed by atoms with Crippen LogP contribution in [0.1, 0.15) is 31.2 Å². The second-order valence-electron chi connectivity index (χ2n) is 8.14. The molecule has 1 saturated heterocycles. The number of hydrogen-bond acceptors (Lipinski definition) is 4. The molecule has 0 spiro atoms. The van der Waals surface area contributed by atoms with Crippen LogP contribution in [0.15, 0.2) is 41.2 Å². The van der Waals surface area contributed by atoms with Crippen molar-refractivity contribution in [1.82, 2.24) is 9.88 Å². The van der Waals surface area contributed by atoms with Gasteiger partial charge in [0.15, 0.2) is 5.75 Å². The van der Waals surface area contributed by atoms with Gasteiger partial charge in [0.05, 0.1) is 24.8 Å². The van der Waals surface area contributed by atoms with Gasteiger partial charge in [0.1, 0.15) is 11.6 Å². The Labute approximate surface area is 181 Å². The van der Waals surface area contributed by atoms with Crippen LogP contribution in [0.25, 0.3) is 22.0 Å². The van der Waals surface area contributed by atoms with Crippen molar-refractivity contribution in [2.75, 3.05) is 33.4 Å². The van der Waals surface area contributed by atoms with Crippen molar-refractivity contribution in [2.24, 2.45) is 0 Å². The fourth-order valence-electron chi connectivity index (χ4n) is 4.36. The first kappa shape index (κ1) is 21.4. The number of ether oxygens (including phenoxy) is 2. The zero-order valence-corrected chi connectivity index (χ0v) is 18.2. The van der Waals surface area contributed by atoms with Crippen molar-refractivity contribution in [3.63, 3.8) is 0 Å². The zero-order valence-electron chi connectivity index (χ0n) is 18.2. The van der Waals surface area contributed by atoms with Gasteiger partial charge in [0.2, 0.25) is 0 Å². The average Bonchev–Trinajstić information content (AvgIpc) is 2.78. The Balaban J connectivity index is 1.70. The van der Waals surface area contributed by atoms with E-state index in [2.05, 4.69) is 9.88 Å². The van der Waals surface area contributed by atoms with Crippen molar-refractivity contribution in [3.8, 4) is 22.8 Å². The molecule has 1 N–H and O–H groups in total. The van der Waals surface area contributed by atoms with Crippen molar-refractivity contribution in [3.05, 3.63) is 58.1 Å². The summed E-state index contributed by atoms with van der Waals surface area (Å²) in [5, 5.41) is 0.955. The van der Waals surface area contributed by atoms with Gasteiger partial charge in [-0.15, -0.1) is 0 Å². The molecule has 0 amide bonds. The number of benzene rings is 2. The molecule has 1 aliphatic heterocycles. The van der Waals surface area contributed by atoms with Gasteiger partial charge in [-0.1, -0.05) is 18.6 Å². The van der Waals surface area contributed by atoms with Gasteiger partial charge in [-0.25, -0.2) is 4.39 Å². The third kappa shape index (κ3) is 4.74. The Morgan fingerprint density at radius 3 is 2.71 bits per heavy atom. The minimum Gasteiger partial charge on any atom is -0.497 e. The van der Waals surface area contributed by atoms with Crippen molar-refractivity contribution in [2.45, 2.75) is 32.6 Å². The van der Waals surface area contributed by atoms with Crippen LogP contribution in [0.4, 0.5) is 4.39 Å². The summed E-state index contributed by atoms with van der Waals surface area (Å²) in [6, 6.07) is 10.2. The summed E-state index contributed by atoms with van der Waals surface area (Å²) in [4.78, 5) is 18.2. The van der Waals surface area contributed by atoms with E-state index in [1.807, 2.05) is 24.3 Å². The van der Waals surface area contributed by atoms with E-state index in [0.717, 1.165) is 31.6 Å². The maximum atomic E-state index is 14.0. The summed E-state index contributed by atoms with van der Waals surface area (Å²) in [7, 11) is 1.60. The molecule has 6 heteroatoms. The summed E-state index contributed by atoms with van der Waals surface area (Å²) >= 11 is 0. The average molecular weight is 425 g/mol. The van der Waals surface area contributed by atoms with E-state index in [-0.39, 0.29) is 5.56 Å². The van der Waals surface area contributed by atoms with Gasteiger partial charge >= 0.3 is 0 Å². The topological polar surface area (TPSA) is 54.6 Å². The number of hydrogen-bond donors (Lipinski definition) is 1. The fraction of sp³-hybridized carbons (Fsp3) is 0.400. The van der Waals surface area contributed by atoms with Crippen LogP contribution in [0.5, 0.6) is 11.5 Å². The summed E-state index contributed by atoms with van der Waals surface area (Å²) in [5.74, 6) is 0.838. The van der Waals surface area contributed by atoms with Gasteiger partial charge < -0.3 is 19.4 Å². The Kier molecular flexibility index (Phi) is 6.56. The lowest BCUT2D eigenvalue weighted by Gasteiger charge is -2.26. The predicted molar refractivity (Wildman–Crippen MR) is 122 cm³/mol. The molecule has 5 nitrogen and oxygen atoms in total. The molecule has 31 heavy (non-hydrogen) atoms. The van der Waals surface area contributed by atoms with E-state index in [1.165, 1.54) is 31.4 Å². The second kappa shape index (κ2) is 9.52. The molecule has 2 heterocycles. The number of rotatable bonds is 7. The van der Waals surface area contributed by atoms with E-state index >= 15 is 0 Å². The highest BCUT2D eigenvalue weighted by atomic mass is 19.1. The molecule has 1 aliphatic rings. The van der Waals surface area contributed by atoms with Crippen molar-refractivity contribution < 1.29 is 13.9 Å². The molecule has 3 aromatic rings.